The molecule has 50 heavy (non-hydrogen) atoms. The first-order chi connectivity index (χ1) is 22.2. The third-order valence-corrected chi connectivity index (χ3v) is 7.33. The van der Waals surface area contributed by atoms with E-state index in [1.807, 2.05) is 0 Å². The van der Waals surface area contributed by atoms with Crippen LogP contribution in [-0.2, 0) is 23.8 Å². The van der Waals surface area contributed by atoms with Crippen LogP contribution in [0.5, 0.6) is 0 Å². The highest BCUT2D eigenvalue weighted by molar-refractivity contribution is 5.81. The third-order valence-electron chi connectivity index (χ3n) is 7.33. The summed E-state index contributed by atoms with van der Waals surface area (Å²) < 4.78 is 267. The topological polar surface area (TPSA) is 102 Å². The van der Waals surface area contributed by atoms with E-state index in [-0.39, 0.29) is 0 Å². The van der Waals surface area contributed by atoms with Gasteiger partial charge >= 0.3 is 59.8 Å². The molecular weight excluding hydrogens is 754 g/mol. The van der Waals surface area contributed by atoms with Gasteiger partial charge in [0.05, 0.1) is 13.2 Å². The average molecular weight is 774 g/mol. The molecule has 0 spiro atoms. The molecule has 1 aromatic carbocycles. The maximum atomic E-state index is 15.7. The highest BCUT2D eigenvalue weighted by Gasteiger charge is 2.94. The fraction of sp³-hybridized carbons (Fsp3) is 0.680. The lowest BCUT2D eigenvalue weighted by Gasteiger charge is -2.57. The van der Waals surface area contributed by atoms with E-state index in [2.05, 4.69) is 14.2 Å². The number of carbonyl (C=O) groups is 2. The van der Waals surface area contributed by atoms with Crippen molar-refractivity contribution < 1.29 is 113 Å². The molecule has 1 fully saturated rings. The van der Waals surface area contributed by atoms with Gasteiger partial charge in [-0.15, -0.1) is 0 Å². The predicted octanol–water partition coefficient (Wildman–Crippen LogP) is 6.47. The van der Waals surface area contributed by atoms with Gasteiger partial charge in [-0.25, -0.2) is 0 Å². The minimum atomic E-state index is -8.30. The van der Waals surface area contributed by atoms with Crippen molar-refractivity contribution in [2.24, 2.45) is 11.8 Å². The first-order valence-corrected chi connectivity index (χ1v) is 13.1. The number of halogens is 18. The van der Waals surface area contributed by atoms with Gasteiger partial charge in [-0.2, -0.15) is 79.0 Å². The van der Waals surface area contributed by atoms with E-state index in [0.29, 0.717) is 38.1 Å². The number of benzene rings is 1. The summed E-state index contributed by atoms with van der Waals surface area (Å²) in [7, 11) is 0. The zero-order valence-corrected chi connectivity index (χ0v) is 24.3. The minimum absolute atomic E-state index is 0.316. The van der Waals surface area contributed by atoms with E-state index < -0.39 is 108 Å². The second kappa shape index (κ2) is 12.8. The van der Waals surface area contributed by atoms with Gasteiger partial charge in [0.15, 0.2) is 0 Å². The summed E-state index contributed by atoms with van der Waals surface area (Å²) in [5.41, 5.74) is -1.38. The second-order valence-electron chi connectivity index (χ2n) is 10.3. The van der Waals surface area contributed by atoms with Gasteiger partial charge in [-0.05, 0) is 19.4 Å². The van der Waals surface area contributed by atoms with Gasteiger partial charge in [0.2, 0.25) is 0 Å². The highest BCUT2D eigenvalue weighted by Crippen LogP contribution is 2.67. The Bertz CT molecular complexity index is 1310. The smallest absolute Gasteiger partial charge is 0.460 e. The van der Waals surface area contributed by atoms with Gasteiger partial charge in [0, 0.05) is 5.92 Å². The quantitative estimate of drug-likeness (QED) is 0.196. The normalized spacial score (nSPS) is 26.4. The molecule has 7 nitrogen and oxygen atoms in total. The summed E-state index contributed by atoms with van der Waals surface area (Å²) in [6.45, 7) is -0.992. The molecule has 25 heteroatoms. The van der Waals surface area contributed by atoms with Gasteiger partial charge in [-0.3, -0.25) is 9.59 Å². The maximum Gasteiger partial charge on any atom is 0.460 e. The van der Waals surface area contributed by atoms with Crippen molar-refractivity contribution in [3.8, 4) is 0 Å². The van der Waals surface area contributed by atoms with Crippen LogP contribution in [0.25, 0.3) is 0 Å². The van der Waals surface area contributed by atoms with Crippen molar-refractivity contribution in [3.05, 3.63) is 35.9 Å². The first kappa shape index (κ1) is 42.9. The zero-order chi connectivity index (χ0) is 39.5. The van der Waals surface area contributed by atoms with Crippen LogP contribution in [0.15, 0.2) is 30.3 Å². The molecule has 0 aliphatic carbocycles. The molecule has 2 rings (SSSR count). The van der Waals surface area contributed by atoms with E-state index in [9.17, 15) is 81.3 Å². The molecule has 1 saturated heterocycles. The Balaban J connectivity index is 3.35. The molecule has 1 heterocycles. The number of rotatable bonds is 11. The molecule has 0 saturated carbocycles. The van der Waals surface area contributed by atoms with Crippen molar-refractivity contribution in [1.29, 1.82) is 0 Å². The van der Waals surface area contributed by atoms with Crippen molar-refractivity contribution in [2.75, 3.05) is 13.2 Å². The Morgan fingerprint density at radius 2 is 0.900 bits per heavy atom. The van der Waals surface area contributed by atoms with Crippen LogP contribution in [0.3, 0.4) is 0 Å². The Morgan fingerprint density at radius 3 is 1.16 bits per heavy atom. The van der Waals surface area contributed by atoms with Crippen molar-refractivity contribution in [1.82, 2.24) is 0 Å². The Morgan fingerprint density at radius 1 is 0.600 bits per heavy atom. The molecular formula is C25H20F18O7. The molecule has 1 aliphatic heterocycles. The number of alkyl halides is 18. The SMILES string of the molecule is CCOC(=O)[C@@H]1C(c2ccccc2)[C@H](C(=O)OCC)[C@](O)(C(F)(F)C(F)(F)C(F)(F)C(F)(F)F)O[C@@]1(O)C(F)(F)C(F)(F)C(F)(F)C(F)(F)F. The van der Waals surface area contributed by atoms with Crippen LogP contribution in [-0.4, -0.2) is 94.8 Å². The lowest BCUT2D eigenvalue weighted by Crippen LogP contribution is -2.82. The summed E-state index contributed by atoms with van der Waals surface area (Å²) in [6, 6.07) is 2.76. The fourth-order valence-corrected chi connectivity index (χ4v) is 4.90. The molecule has 0 aromatic heterocycles. The van der Waals surface area contributed by atoms with Crippen LogP contribution < -0.4 is 0 Å². The summed E-state index contributed by atoms with van der Waals surface area (Å²) in [6.07, 6.45) is -15.6. The average Bonchev–Trinajstić information content (AvgIpc) is 2.95. The van der Waals surface area contributed by atoms with Gasteiger partial charge < -0.3 is 24.4 Å². The largest absolute Gasteiger partial charge is 0.466 e. The number of aliphatic hydroxyl groups is 2. The zero-order valence-electron chi connectivity index (χ0n) is 24.3. The molecule has 0 amide bonds. The number of esters is 2. The van der Waals surface area contributed by atoms with Gasteiger partial charge in [-0.1, -0.05) is 30.3 Å². The number of ether oxygens (including phenoxy) is 3. The lowest BCUT2D eigenvalue weighted by atomic mass is 9.63. The van der Waals surface area contributed by atoms with Crippen molar-refractivity contribution >= 4 is 11.9 Å². The lowest BCUT2D eigenvalue weighted by molar-refractivity contribution is -0.529. The van der Waals surface area contributed by atoms with Crippen LogP contribution in [0.1, 0.15) is 25.3 Å². The van der Waals surface area contributed by atoms with Gasteiger partial charge in [0.25, 0.3) is 11.6 Å². The molecule has 5 atom stereocenters. The first-order valence-electron chi connectivity index (χ1n) is 13.1. The molecule has 288 valence electrons. The van der Waals surface area contributed by atoms with E-state index in [1.165, 1.54) is 0 Å². The van der Waals surface area contributed by atoms with Crippen LogP contribution >= 0.6 is 0 Å². The highest BCUT2D eigenvalue weighted by atomic mass is 19.4. The monoisotopic (exact) mass is 774 g/mol. The van der Waals surface area contributed by atoms with Crippen LogP contribution in [0, 0.1) is 11.8 Å². The third kappa shape index (κ3) is 5.88. The van der Waals surface area contributed by atoms with Crippen LogP contribution in [0.4, 0.5) is 79.0 Å². The molecule has 1 aromatic rings. The van der Waals surface area contributed by atoms with E-state index in [0.717, 1.165) is 6.07 Å². The Labute approximate surface area is 266 Å². The Hall–Kier alpha value is -3.22. The van der Waals surface area contributed by atoms with E-state index in [1.54, 1.807) is 0 Å². The molecule has 0 bridgehead atoms. The molecule has 1 aliphatic rings. The molecule has 1 unspecified atom stereocenters. The summed E-state index contributed by atoms with van der Waals surface area (Å²) in [4.78, 5) is 26.0. The summed E-state index contributed by atoms with van der Waals surface area (Å²) in [5.74, 6) is -80.5. The fourth-order valence-electron chi connectivity index (χ4n) is 4.90. The molecule has 0 radical (unpaired) electrons. The van der Waals surface area contributed by atoms with Crippen molar-refractivity contribution in [2.45, 2.75) is 79.2 Å². The predicted molar refractivity (Wildman–Crippen MR) is 122 cm³/mol. The summed E-state index contributed by atoms with van der Waals surface area (Å²) >= 11 is 0. The second-order valence-corrected chi connectivity index (χ2v) is 10.3. The minimum Gasteiger partial charge on any atom is -0.466 e. The summed E-state index contributed by atoms with van der Waals surface area (Å²) in [5, 5.41) is 21.7. The number of carbonyl (C=O) groups excluding carboxylic acids is 2. The van der Waals surface area contributed by atoms with Crippen molar-refractivity contribution in [3.63, 3.8) is 0 Å². The number of hydrogen-bond donors (Lipinski definition) is 2. The standard InChI is InChI=1S/C25H20F18O7/c1-3-48-14(44)12-11(10-8-6-5-7-9-10)13(15(45)49-4-2)17(47,19(28,29)21(32,33)23(36,37)25(41,42)43)50-16(12,46)18(26,27)20(30,31)22(34,35)24(38,39)40/h5-9,11-13,46-47H,3-4H2,1-2H3/t11?,12-,13+,16-,17-/m1/s1. The number of hydrogen-bond acceptors (Lipinski definition) is 7. The van der Waals surface area contributed by atoms with E-state index in [4.69, 9.17) is 0 Å². The molecule has 2 N–H and O–H groups in total. The van der Waals surface area contributed by atoms with E-state index >= 15 is 17.6 Å². The maximum absolute atomic E-state index is 15.7. The van der Waals surface area contributed by atoms with Crippen LogP contribution in [0.2, 0.25) is 0 Å². The van der Waals surface area contributed by atoms with Gasteiger partial charge in [0.1, 0.15) is 11.8 Å². The Kier molecular flexibility index (Phi) is 11.0.